The minimum absolute atomic E-state index is 0.707. The van der Waals surface area contributed by atoms with E-state index in [4.69, 9.17) is 18.9 Å². The number of hydrogen-bond donors (Lipinski definition) is 0. The smallest absolute Gasteiger partial charge is 0.127 e. The van der Waals surface area contributed by atoms with E-state index in [1.54, 1.807) is 0 Å². The van der Waals surface area contributed by atoms with E-state index < -0.39 is 0 Å². The molecule has 58 heavy (non-hydrogen) atoms. The van der Waals surface area contributed by atoms with Crippen LogP contribution in [0.15, 0.2) is 60.7 Å². The zero-order valence-corrected chi connectivity index (χ0v) is 37.5. The Kier molecular flexibility index (Phi) is 27.9. The van der Waals surface area contributed by atoms with E-state index in [-0.39, 0.29) is 0 Å². The fourth-order valence-corrected chi connectivity index (χ4v) is 7.10. The summed E-state index contributed by atoms with van der Waals surface area (Å²) in [6, 6.07) is 21.3. The molecule has 0 spiro atoms. The molecule has 0 saturated heterocycles. The molecule has 0 bridgehead atoms. The summed E-state index contributed by atoms with van der Waals surface area (Å²) >= 11 is 0. The molecule has 0 atom stereocenters. The third-order valence-corrected chi connectivity index (χ3v) is 10.9. The van der Waals surface area contributed by atoms with Gasteiger partial charge in [-0.3, -0.25) is 0 Å². The fraction of sp³-hybridized carbons (Fsp3) is 0.593. The number of hydrogen-bond acceptors (Lipinski definition) is 4. The van der Waals surface area contributed by atoms with Crippen LogP contribution < -0.4 is 18.9 Å². The Hall–Kier alpha value is -3.66. The second kappa shape index (κ2) is 33.2. The van der Waals surface area contributed by atoms with Gasteiger partial charge in [0, 0.05) is 11.1 Å². The van der Waals surface area contributed by atoms with Gasteiger partial charge in [-0.1, -0.05) is 205 Å². The van der Waals surface area contributed by atoms with Crippen LogP contribution in [0.5, 0.6) is 23.0 Å². The van der Waals surface area contributed by atoms with Gasteiger partial charge in [-0.15, -0.1) is 0 Å². The van der Waals surface area contributed by atoms with Crippen molar-refractivity contribution in [2.24, 2.45) is 0 Å². The van der Waals surface area contributed by atoms with Crippen molar-refractivity contribution in [3.63, 3.8) is 0 Å². The first-order chi connectivity index (χ1) is 28.7. The van der Waals surface area contributed by atoms with Gasteiger partial charge in [0.15, 0.2) is 0 Å². The van der Waals surface area contributed by atoms with Crippen molar-refractivity contribution in [2.45, 2.75) is 182 Å². The molecule has 4 nitrogen and oxygen atoms in total. The summed E-state index contributed by atoms with van der Waals surface area (Å²) in [7, 11) is 0. The average Bonchev–Trinajstić information content (AvgIpc) is 3.25. The zero-order chi connectivity index (χ0) is 41.1. The van der Waals surface area contributed by atoms with E-state index in [2.05, 4.69) is 113 Å². The van der Waals surface area contributed by atoms with Crippen molar-refractivity contribution < 1.29 is 18.9 Å². The van der Waals surface area contributed by atoms with Crippen molar-refractivity contribution in [3.8, 4) is 23.0 Å². The standard InChI is InChI=1S/C54H82O4/c1-5-9-13-17-21-25-41-55-51-37-31-47(32-38-51)29-35-49-45-54(58-44-28-24-20-16-12-8-4)50(46-53(49)57-43-27-23-19-15-11-7-3)36-30-48-33-39-52(40-34-48)56-42-26-22-18-14-10-6-2/h29-40,45-46H,5-28,41-44H2,1-4H3/b35-29+,36-30+. The summed E-state index contributed by atoms with van der Waals surface area (Å²) in [6.45, 7) is 12.0. The van der Waals surface area contributed by atoms with Crippen LogP contribution in [0.1, 0.15) is 204 Å². The molecule has 0 saturated carbocycles. The van der Waals surface area contributed by atoms with E-state index >= 15 is 0 Å². The molecule has 3 aromatic carbocycles. The lowest BCUT2D eigenvalue weighted by Crippen LogP contribution is -2.03. The largest absolute Gasteiger partial charge is 0.494 e. The second-order valence-electron chi connectivity index (χ2n) is 16.2. The minimum Gasteiger partial charge on any atom is -0.494 e. The molecular weight excluding hydrogens is 713 g/mol. The molecule has 0 fully saturated rings. The van der Waals surface area contributed by atoms with E-state index in [1.807, 2.05) is 0 Å². The molecule has 3 rings (SSSR count). The molecule has 4 heteroatoms. The molecule has 0 radical (unpaired) electrons. The van der Waals surface area contributed by atoms with Crippen LogP contribution in [0.4, 0.5) is 0 Å². The Morgan fingerprint density at radius 2 is 0.586 bits per heavy atom. The van der Waals surface area contributed by atoms with Crippen LogP contribution in [0, 0.1) is 0 Å². The maximum absolute atomic E-state index is 6.58. The Morgan fingerprint density at radius 1 is 0.310 bits per heavy atom. The fourth-order valence-electron chi connectivity index (χ4n) is 7.10. The highest BCUT2D eigenvalue weighted by atomic mass is 16.5. The summed E-state index contributed by atoms with van der Waals surface area (Å²) in [6.07, 6.45) is 38.7. The quantitative estimate of drug-likeness (QED) is 0.0434. The topological polar surface area (TPSA) is 36.9 Å². The summed E-state index contributed by atoms with van der Waals surface area (Å²) in [4.78, 5) is 0. The molecule has 0 N–H and O–H groups in total. The number of benzene rings is 3. The molecule has 0 heterocycles. The van der Waals surface area contributed by atoms with Gasteiger partial charge in [0.1, 0.15) is 23.0 Å². The number of ether oxygens (including phenoxy) is 4. The average molecular weight is 795 g/mol. The SMILES string of the molecule is CCCCCCCCOc1ccc(/C=C/c2cc(OCCCCCCCC)c(/C=C/c3ccc(OCCCCCCCC)cc3)cc2OCCCCCCCC)cc1. The lowest BCUT2D eigenvalue weighted by atomic mass is 10.0. The van der Waals surface area contributed by atoms with Gasteiger partial charge in [-0.2, -0.15) is 0 Å². The Labute approximate surface area is 356 Å². The lowest BCUT2D eigenvalue weighted by molar-refractivity contribution is 0.295. The van der Waals surface area contributed by atoms with Crippen LogP contribution in [0.2, 0.25) is 0 Å². The first kappa shape index (κ1) is 48.7. The third kappa shape index (κ3) is 22.5. The van der Waals surface area contributed by atoms with Gasteiger partial charge in [0.05, 0.1) is 26.4 Å². The molecule has 0 aliphatic rings. The predicted molar refractivity (Wildman–Crippen MR) is 253 cm³/mol. The van der Waals surface area contributed by atoms with Gasteiger partial charge in [-0.05, 0) is 73.2 Å². The van der Waals surface area contributed by atoms with E-state index in [1.165, 1.54) is 128 Å². The van der Waals surface area contributed by atoms with Crippen LogP contribution in [-0.4, -0.2) is 26.4 Å². The first-order valence-corrected chi connectivity index (χ1v) is 23.9. The lowest BCUT2D eigenvalue weighted by Gasteiger charge is -2.16. The molecule has 0 unspecified atom stereocenters. The zero-order valence-electron chi connectivity index (χ0n) is 37.5. The highest BCUT2D eigenvalue weighted by molar-refractivity contribution is 5.79. The number of rotatable bonds is 36. The maximum Gasteiger partial charge on any atom is 0.127 e. The van der Waals surface area contributed by atoms with Gasteiger partial charge < -0.3 is 18.9 Å². The normalized spacial score (nSPS) is 11.5. The second-order valence-corrected chi connectivity index (χ2v) is 16.2. The van der Waals surface area contributed by atoms with Crippen molar-refractivity contribution in [3.05, 3.63) is 82.9 Å². The molecule has 0 amide bonds. The minimum atomic E-state index is 0.707. The Bertz CT molecular complexity index is 1360. The molecule has 0 aliphatic heterocycles. The van der Waals surface area contributed by atoms with E-state index in [9.17, 15) is 0 Å². The molecule has 0 aromatic heterocycles. The highest BCUT2D eigenvalue weighted by Gasteiger charge is 2.11. The highest BCUT2D eigenvalue weighted by Crippen LogP contribution is 2.33. The summed E-state index contributed by atoms with van der Waals surface area (Å²) in [5, 5.41) is 0. The van der Waals surface area contributed by atoms with Crippen LogP contribution in [-0.2, 0) is 0 Å². The van der Waals surface area contributed by atoms with Crippen molar-refractivity contribution in [1.29, 1.82) is 0 Å². The maximum atomic E-state index is 6.58. The van der Waals surface area contributed by atoms with Crippen molar-refractivity contribution >= 4 is 24.3 Å². The molecule has 322 valence electrons. The third-order valence-electron chi connectivity index (χ3n) is 10.9. The first-order valence-electron chi connectivity index (χ1n) is 23.9. The van der Waals surface area contributed by atoms with E-state index in [0.29, 0.717) is 13.2 Å². The van der Waals surface area contributed by atoms with Gasteiger partial charge in [-0.25, -0.2) is 0 Å². The van der Waals surface area contributed by atoms with Crippen LogP contribution >= 0.6 is 0 Å². The Balaban J connectivity index is 1.76. The van der Waals surface area contributed by atoms with Gasteiger partial charge >= 0.3 is 0 Å². The summed E-state index contributed by atoms with van der Waals surface area (Å²) in [5.41, 5.74) is 4.34. The molecule has 3 aromatic rings. The van der Waals surface area contributed by atoms with Crippen molar-refractivity contribution in [1.82, 2.24) is 0 Å². The monoisotopic (exact) mass is 795 g/mol. The van der Waals surface area contributed by atoms with Crippen molar-refractivity contribution in [2.75, 3.05) is 26.4 Å². The molecule has 0 aliphatic carbocycles. The van der Waals surface area contributed by atoms with Crippen LogP contribution in [0.25, 0.3) is 24.3 Å². The van der Waals surface area contributed by atoms with Gasteiger partial charge in [0.25, 0.3) is 0 Å². The number of unbranched alkanes of at least 4 members (excludes halogenated alkanes) is 20. The Morgan fingerprint density at radius 3 is 0.897 bits per heavy atom. The summed E-state index contributed by atoms with van der Waals surface area (Å²) in [5.74, 6) is 3.67. The van der Waals surface area contributed by atoms with E-state index in [0.717, 1.165) is 84.1 Å². The predicted octanol–water partition coefficient (Wildman–Crippen LogP) is 17.0. The van der Waals surface area contributed by atoms with Gasteiger partial charge in [0.2, 0.25) is 0 Å². The molecular formula is C54H82O4. The summed E-state index contributed by atoms with van der Waals surface area (Å²) < 4.78 is 25.3. The van der Waals surface area contributed by atoms with Crippen LogP contribution in [0.3, 0.4) is 0 Å².